The Morgan fingerprint density at radius 2 is 0.575 bits per heavy atom. The van der Waals surface area contributed by atoms with E-state index >= 15 is 0 Å². The van der Waals surface area contributed by atoms with E-state index in [9.17, 15) is 0 Å². The van der Waals surface area contributed by atoms with E-state index in [4.69, 9.17) is 15.3 Å². The highest BCUT2D eigenvalue weighted by Gasteiger charge is 2.42. The van der Waals surface area contributed by atoms with Gasteiger partial charge in [0.15, 0.2) is 0 Å². The molecule has 3 rings (SSSR count). The molecule has 0 bridgehead atoms. The Hall–Kier alpha value is -2.31. The van der Waals surface area contributed by atoms with Crippen molar-refractivity contribution < 1.29 is 0 Å². The lowest BCUT2D eigenvalue weighted by Gasteiger charge is -2.30. The third-order valence-corrected chi connectivity index (χ3v) is 7.47. The van der Waals surface area contributed by atoms with Gasteiger partial charge in [-0.2, -0.15) is 15.3 Å². The van der Waals surface area contributed by atoms with E-state index in [2.05, 4.69) is 157 Å². The second kappa shape index (κ2) is 9.63. The van der Waals surface area contributed by atoms with E-state index in [0.717, 1.165) is 17.1 Å². The number of hydrogen-bond acceptors (Lipinski definition) is 3. The van der Waals surface area contributed by atoms with Crippen molar-refractivity contribution in [2.75, 3.05) is 0 Å². The third kappa shape index (κ3) is 6.44. The van der Waals surface area contributed by atoms with Crippen LogP contribution in [0.3, 0.4) is 0 Å². The quantitative estimate of drug-likeness (QED) is 0.312. The van der Waals surface area contributed by atoms with Crippen LogP contribution in [-0.4, -0.2) is 36.2 Å². The molecule has 7 heteroatoms. The number of nitrogens with zero attached hydrogens (tertiary/aromatic N) is 6. The summed E-state index contributed by atoms with van der Waals surface area (Å²) in [4.78, 5) is 0. The molecule has 0 aliphatic heterocycles. The first-order valence-electron chi connectivity index (χ1n) is 14.9. The molecule has 0 fully saturated rings. The summed E-state index contributed by atoms with van der Waals surface area (Å²) in [6, 6.07) is 6.88. The van der Waals surface area contributed by atoms with Gasteiger partial charge in [-0.1, -0.05) is 125 Å². The van der Waals surface area contributed by atoms with Crippen LogP contribution in [0.5, 0.6) is 0 Å². The van der Waals surface area contributed by atoms with Crippen molar-refractivity contribution in [2.24, 2.45) is 0 Å². The van der Waals surface area contributed by atoms with Crippen molar-refractivity contribution in [3.05, 3.63) is 52.4 Å². The molecular weight excluding hydrogens is 491 g/mol. The first-order chi connectivity index (χ1) is 17.6. The maximum atomic E-state index is 5.39. The predicted octanol–water partition coefficient (Wildman–Crippen LogP) is 7.99. The Balaban J connectivity index is 2.60. The Bertz CT molecular complexity index is 1180. The van der Waals surface area contributed by atoms with Crippen LogP contribution in [0.1, 0.15) is 159 Å². The van der Waals surface area contributed by atoms with Crippen LogP contribution in [-0.2, 0) is 32.5 Å². The molecule has 0 aliphatic carbocycles. The lowest BCUT2D eigenvalue weighted by atomic mass is 9.81. The van der Waals surface area contributed by atoms with Gasteiger partial charge < -0.3 is 0 Å². The molecule has 0 aromatic carbocycles. The van der Waals surface area contributed by atoms with Crippen molar-refractivity contribution in [2.45, 2.75) is 157 Å². The van der Waals surface area contributed by atoms with Crippen molar-refractivity contribution >= 4 is 7.12 Å². The van der Waals surface area contributed by atoms with Crippen LogP contribution >= 0.6 is 0 Å². The molecule has 0 amide bonds. The normalized spacial score (nSPS) is 14.2. The van der Waals surface area contributed by atoms with E-state index in [1.165, 1.54) is 17.1 Å². The maximum Gasteiger partial charge on any atom is 0.569 e. The first kappa shape index (κ1) is 32.2. The Kier molecular flexibility index (Phi) is 7.75. The van der Waals surface area contributed by atoms with Crippen LogP contribution in [0.25, 0.3) is 0 Å². The lowest BCUT2D eigenvalue weighted by Crippen LogP contribution is -2.49. The summed E-state index contributed by atoms with van der Waals surface area (Å²) in [5, 5.41) is 16.2. The van der Waals surface area contributed by atoms with Crippen LogP contribution < -0.4 is 0 Å². The van der Waals surface area contributed by atoms with E-state index < -0.39 is 7.12 Å². The molecule has 0 atom stereocenters. The van der Waals surface area contributed by atoms with Crippen molar-refractivity contribution in [3.63, 3.8) is 0 Å². The summed E-state index contributed by atoms with van der Waals surface area (Å²) in [6.45, 7) is 40.6. The van der Waals surface area contributed by atoms with E-state index in [0.29, 0.717) is 0 Å². The fourth-order valence-electron chi connectivity index (χ4n) is 4.80. The van der Waals surface area contributed by atoms with Gasteiger partial charge in [0.2, 0.25) is 0 Å². The third-order valence-electron chi connectivity index (χ3n) is 7.47. The SMILES string of the molecule is CC(C)(C)c1cc(C(C)(C)C)n(B(n2nc(C(C)(C)C)cc2C(C)(C)C)n2nc(C(C)(C)C)cc2C(C)(C)C)n1. The Morgan fingerprint density at radius 3 is 0.725 bits per heavy atom. The summed E-state index contributed by atoms with van der Waals surface area (Å²) >= 11 is 0. The van der Waals surface area contributed by atoms with Crippen LogP contribution in [0.2, 0.25) is 0 Å². The van der Waals surface area contributed by atoms with E-state index in [1.807, 2.05) is 0 Å². The summed E-state index contributed by atoms with van der Waals surface area (Å²) in [7, 11) is -0.402. The number of aromatic nitrogens is 6. The molecule has 40 heavy (non-hydrogen) atoms. The molecule has 0 saturated heterocycles. The largest absolute Gasteiger partial charge is 0.569 e. The number of hydrogen-bond donors (Lipinski definition) is 0. The van der Waals surface area contributed by atoms with Crippen LogP contribution in [0.4, 0.5) is 0 Å². The zero-order valence-corrected chi connectivity index (χ0v) is 29.0. The van der Waals surface area contributed by atoms with Crippen LogP contribution in [0.15, 0.2) is 18.2 Å². The van der Waals surface area contributed by atoms with Gasteiger partial charge in [-0.3, -0.25) is 13.8 Å². The Labute approximate surface area is 245 Å². The molecular formula is C33H57BN6. The zero-order chi connectivity index (χ0) is 31.0. The maximum absolute atomic E-state index is 5.39. The second-order valence-electron chi connectivity index (χ2n) is 17.9. The molecule has 3 aromatic rings. The molecule has 3 aromatic heterocycles. The fourth-order valence-corrected chi connectivity index (χ4v) is 4.80. The number of rotatable bonds is 3. The first-order valence-corrected chi connectivity index (χ1v) is 14.9. The smallest absolute Gasteiger partial charge is 0.265 e. The fraction of sp³-hybridized carbons (Fsp3) is 0.727. The summed E-state index contributed by atoms with van der Waals surface area (Å²) in [6.07, 6.45) is 0. The van der Waals surface area contributed by atoms with Gasteiger partial charge in [0.05, 0.1) is 17.1 Å². The molecule has 0 radical (unpaired) electrons. The van der Waals surface area contributed by atoms with Gasteiger partial charge in [0.25, 0.3) is 0 Å². The summed E-state index contributed by atoms with van der Waals surface area (Å²) in [5.41, 5.74) is 6.00. The summed E-state index contributed by atoms with van der Waals surface area (Å²) in [5.74, 6) is 0. The minimum absolute atomic E-state index is 0.100. The van der Waals surface area contributed by atoms with Crippen LogP contribution in [0, 0.1) is 0 Å². The average molecular weight is 549 g/mol. The summed E-state index contributed by atoms with van der Waals surface area (Å²) < 4.78 is 6.64. The molecule has 0 aliphatic rings. The minimum Gasteiger partial charge on any atom is -0.265 e. The van der Waals surface area contributed by atoms with Crippen molar-refractivity contribution in [3.8, 4) is 0 Å². The minimum atomic E-state index is -0.402. The molecule has 0 saturated carbocycles. The van der Waals surface area contributed by atoms with Crippen molar-refractivity contribution in [1.29, 1.82) is 0 Å². The second-order valence-corrected chi connectivity index (χ2v) is 17.9. The van der Waals surface area contributed by atoms with Crippen molar-refractivity contribution in [1.82, 2.24) is 29.1 Å². The van der Waals surface area contributed by atoms with Gasteiger partial charge in [0, 0.05) is 49.6 Å². The molecule has 0 spiro atoms. The van der Waals surface area contributed by atoms with Gasteiger partial charge >= 0.3 is 7.12 Å². The van der Waals surface area contributed by atoms with E-state index in [-0.39, 0.29) is 32.5 Å². The standard InChI is InChI=1S/C33H57BN6/c1-28(2,3)22-19-25(31(10,11)12)38(35-22)34(39-26(32(13,14)15)20-23(36-39)29(4,5)6)40-27(33(16,17)18)21-24(37-40)30(7,8)9/h19-21H,1-18H3. The monoisotopic (exact) mass is 548 g/mol. The molecule has 3 heterocycles. The molecule has 222 valence electrons. The highest BCUT2D eigenvalue weighted by atomic mass is 15.5. The molecule has 6 nitrogen and oxygen atoms in total. The highest BCUT2D eigenvalue weighted by molar-refractivity contribution is 6.53. The van der Waals surface area contributed by atoms with Gasteiger partial charge in [-0.25, -0.2) is 0 Å². The van der Waals surface area contributed by atoms with Gasteiger partial charge in [0.1, 0.15) is 0 Å². The predicted molar refractivity (Wildman–Crippen MR) is 171 cm³/mol. The Morgan fingerprint density at radius 1 is 0.375 bits per heavy atom. The van der Waals surface area contributed by atoms with E-state index in [1.54, 1.807) is 0 Å². The average Bonchev–Trinajstić information content (AvgIpc) is 3.42. The van der Waals surface area contributed by atoms with Gasteiger partial charge in [-0.05, 0) is 18.2 Å². The molecule has 0 unspecified atom stereocenters. The topological polar surface area (TPSA) is 53.5 Å². The lowest BCUT2D eigenvalue weighted by molar-refractivity contribution is 0.507. The zero-order valence-electron chi connectivity index (χ0n) is 29.0. The highest BCUT2D eigenvalue weighted by Crippen LogP contribution is 2.35. The van der Waals surface area contributed by atoms with Gasteiger partial charge in [-0.15, -0.1) is 0 Å². The molecule has 0 N–H and O–H groups in total.